The van der Waals surface area contributed by atoms with Crippen molar-refractivity contribution >= 4 is 52.2 Å². The van der Waals surface area contributed by atoms with E-state index in [9.17, 15) is 37.5 Å². The molecule has 0 bridgehead atoms. The Labute approximate surface area is 269 Å². The average Bonchev–Trinajstić information content (AvgIpc) is 3.44. The van der Waals surface area contributed by atoms with Crippen LogP contribution in [0.5, 0.6) is 0 Å². The molecule has 0 aliphatic carbocycles. The summed E-state index contributed by atoms with van der Waals surface area (Å²) in [5, 5.41) is 27.4. The number of hydrogen-bond acceptors (Lipinski definition) is 7. The number of carboxylic acid groups (broad SMARTS) is 2. The molecule has 1 saturated heterocycles. The van der Waals surface area contributed by atoms with Crippen molar-refractivity contribution in [2.45, 2.75) is 70.4 Å². The lowest BCUT2D eigenvalue weighted by atomic mass is 9.97. The van der Waals surface area contributed by atoms with Gasteiger partial charge in [0.15, 0.2) is 0 Å². The highest BCUT2D eigenvalue weighted by Gasteiger charge is 2.38. The Hall–Kier alpha value is -3.85. The molecule has 4 atom stereocenters. The van der Waals surface area contributed by atoms with Crippen LogP contribution in [-0.4, -0.2) is 94.2 Å². The highest BCUT2D eigenvalue weighted by molar-refractivity contribution is 7.98. The number of carbonyl (C=O) groups excluding carboxylic acids is 3. The van der Waals surface area contributed by atoms with Crippen LogP contribution in [0, 0.1) is 5.92 Å². The summed E-state index contributed by atoms with van der Waals surface area (Å²) >= 11 is 1.53. The third-order valence-electron chi connectivity index (χ3n) is 7.55. The van der Waals surface area contributed by atoms with Gasteiger partial charge in [0.05, 0.1) is 6.54 Å². The maximum Gasteiger partial charge on any atom is 0.490 e. The number of rotatable bonds is 15. The van der Waals surface area contributed by atoms with Gasteiger partial charge in [-0.3, -0.25) is 19.3 Å². The largest absolute Gasteiger partial charge is 0.490 e. The summed E-state index contributed by atoms with van der Waals surface area (Å²) < 4.78 is 31.7. The first-order valence-corrected chi connectivity index (χ1v) is 16.2. The van der Waals surface area contributed by atoms with Crippen molar-refractivity contribution in [1.82, 2.24) is 20.9 Å². The van der Waals surface area contributed by atoms with Crippen molar-refractivity contribution in [3.63, 3.8) is 0 Å². The molecule has 1 aliphatic rings. The summed E-state index contributed by atoms with van der Waals surface area (Å²) in [5.74, 6) is -3.80. The number of nitrogens with one attached hydrogen (secondary N) is 3. The molecule has 0 aromatic heterocycles. The lowest BCUT2D eigenvalue weighted by Crippen LogP contribution is -2.53. The van der Waals surface area contributed by atoms with Crippen LogP contribution in [0.15, 0.2) is 42.5 Å². The van der Waals surface area contributed by atoms with E-state index in [1.54, 1.807) is 0 Å². The van der Waals surface area contributed by atoms with Crippen molar-refractivity contribution in [3.05, 3.63) is 48.0 Å². The van der Waals surface area contributed by atoms with E-state index in [0.29, 0.717) is 38.1 Å². The fourth-order valence-electron chi connectivity index (χ4n) is 4.82. The van der Waals surface area contributed by atoms with Gasteiger partial charge in [0.25, 0.3) is 0 Å². The van der Waals surface area contributed by atoms with Crippen LogP contribution >= 0.6 is 11.8 Å². The van der Waals surface area contributed by atoms with Crippen LogP contribution in [0.3, 0.4) is 0 Å². The van der Waals surface area contributed by atoms with Crippen molar-refractivity contribution < 1.29 is 47.4 Å². The highest BCUT2D eigenvalue weighted by Crippen LogP contribution is 2.21. The zero-order valence-electron chi connectivity index (χ0n) is 25.9. The molecule has 1 fully saturated rings. The molecule has 3 rings (SSSR count). The molecule has 254 valence electrons. The molecular formula is C31H41F3N4O7S. The Morgan fingerprint density at radius 3 is 2.30 bits per heavy atom. The topological polar surface area (TPSA) is 165 Å². The van der Waals surface area contributed by atoms with Gasteiger partial charge in [-0.2, -0.15) is 24.9 Å². The van der Waals surface area contributed by atoms with E-state index in [1.165, 1.54) is 11.8 Å². The van der Waals surface area contributed by atoms with Crippen LogP contribution in [-0.2, 0) is 30.5 Å². The molecule has 2 aromatic carbocycles. The second-order valence-electron chi connectivity index (χ2n) is 11.0. The van der Waals surface area contributed by atoms with Crippen molar-refractivity contribution in [1.29, 1.82) is 0 Å². The van der Waals surface area contributed by atoms with Gasteiger partial charge in [-0.15, -0.1) is 0 Å². The van der Waals surface area contributed by atoms with Gasteiger partial charge in [-0.05, 0) is 47.1 Å². The zero-order chi connectivity index (χ0) is 34.4. The number of fused-ring (bicyclic) bond motifs is 1. The van der Waals surface area contributed by atoms with Crippen LogP contribution in [0.25, 0.3) is 10.8 Å². The van der Waals surface area contributed by atoms with Gasteiger partial charge in [0.1, 0.15) is 12.1 Å². The molecule has 5 N–H and O–H groups in total. The number of amides is 3. The standard InChI is InChI=1S/C29H40N4O5S.C2HF3O2/c1-4-19(2)25(32-28(36)23-12-13-26(34)30-23)17-33(18-27(35)31-24(29(37)38)14-15-39-3)16-21-10-7-9-20-8-5-6-11-22(20)21;3-2(4,5)1(6)7/h5-11,19,23-25H,4,12-18H2,1-3H3,(H,30,34)(H,31,35)(H,32,36)(H,37,38);(H,6,7)/t19-,23-,24-,25+;/m0./s1. The molecule has 3 amide bonds. The molecule has 11 nitrogen and oxygen atoms in total. The van der Waals surface area contributed by atoms with E-state index in [2.05, 4.69) is 22.9 Å². The third-order valence-corrected chi connectivity index (χ3v) is 8.20. The van der Waals surface area contributed by atoms with Crippen LogP contribution in [0.1, 0.15) is 45.1 Å². The van der Waals surface area contributed by atoms with Crippen LogP contribution < -0.4 is 16.0 Å². The van der Waals surface area contributed by atoms with Gasteiger partial charge in [0.2, 0.25) is 17.7 Å². The smallest absolute Gasteiger partial charge is 0.480 e. The number of halogens is 3. The summed E-state index contributed by atoms with van der Waals surface area (Å²) in [6.45, 7) is 4.92. The Kier molecular flexibility index (Phi) is 15.3. The maximum atomic E-state index is 13.1. The molecule has 0 unspecified atom stereocenters. The van der Waals surface area contributed by atoms with Crippen molar-refractivity contribution in [2.24, 2.45) is 5.92 Å². The van der Waals surface area contributed by atoms with E-state index >= 15 is 0 Å². The van der Waals surface area contributed by atoms with Gasteiger partial charge < -0.3 is 26.2 Å². The first-order valence-electron chi connectivity index (χ1n) is 14.8. The Bertz CT molecular complexity index is 1360. The summed E-state index contributed by atoms with van der Waals surface area (Å²) in [4.78, 5) is 60.4. The Balaban J connectivity index is 0.000000942. The van der Waals surface area contributed by atoms with E-state index < -0.39 is 30.2 Å². The second kappa shape index (κ2) is 18.3. The first kappa shape index (κ1) is 38.3. The molecule has 0 spiro atoms. The van der Waals surface area contributed by atoms with Gasteiger partial charge in [-0.1, -0.05) is 62.7 Å². The summed E-state index contributed by atoms with van der Waals surface area (Å²) in [5.41, 5.74) is 1.04. The van der Waals surface area contributed by atoms with E-state index in [-0.39, 0.29) is 36.2 Å². The fraction of sp³-hybridized carbons (Fsp3) is 0.516. The van der Waals surface area contributed by atoms with Gasteiger partial charge >= 0.3 is 18.1 Å². The number of hydrogen-bond donors (Lipinski definition) is 5. The highest BCUT2D eigenvalue weighted by atomic mass is 32.2. The Morgan fingerprint density at radius 2 is 1.74 bits per heavy atom. The number of nitrogens with zero attached hydrogens (tertiary/aromatic N) is 1. The third kappa shape index (κ3) is 12.5. The molecule has 1 aliphatic heterocycles. The van der Waals surface area contributed by atoms with E-state index in [0.717, 1.165) is 22.8 Å². The molecular weight excluding hydrogens is 629 g/mol. The minimum Gasteiger partial charge on any atom is -0.480 e. The molecule has 15 heteroatoms. The molecule has 0 saturated carbocycles. The molecule has 1 heterocycles. The quantitative estimate of drug-likeness (QED) is 0.191. The number of carbonyl (C=O) groups is 5. The summed E-state index contributed by atoms with van der Waals surface area (Å²) in [6.07, 6.45) is -1.24. The predicted molar refractivity (Wildman–Crippen MR) is 168 cm³/mol. The Morgan fingerprint density at radius 1 is 1.09 bits per heavy atom. The minimum atomic E-state index is -5.08. The fourth-order valence-corrected chi connectivity index (χ4v) is 5.29. The lowest BCUT2D eigenvalue weighted by molar-refractivity contribution is -0.192. The number of thioether (sulfide) groups is 1. The average molecular weight is 671 g/mol. The van der Waals surface area contributed by atoms with Crippen LogP contribution in [0.4, 0.5) is 13.2 Å². The number of alkyl halides is 3. The zero-order valence-corrected chi connectivity index (χ0v) is 26.7. The normalized spacial score (nSPS) is 16.5. The van der Waals surface area contributed by atoms with Crippen molar-refractivity contribution in [3.8, 4) is 0 Å². The molecule has 2 aromatic rings. The summed E-state index contributed by atoms with van der Waals surface area (Å²) in [7, 11) is 0. The van der Waals surface area contributed by atoms with E-state index in [1.807, 2.05) is 60.5 Å². The second-order valence-corrected chi connectivity index (χ2v) is 12.0. The summed E-state index contributed by atoms with van der Waals surface area (Å²) in [6, 6.07) is 12.3. The number of aliphatic carboxylic acids is 2. The van der Waals surface area contributed by atoms with E-state index in [4.69, 9.17) is 9.90 Å². The van der Waals surface area contributed by atoms with Gasteiger partial charge in [0, 0.05) is 25.6 Å². The first-order chi connectivity index (χ1) is 21.7. The maximum absolute atomic E-state index is 13.1. The van der Waals surface area contributed by atoms with Crippen molar-refractivity contribution in [2.75, 3.05) is 25.1 Å². The number of benzene rings is 2. The molecule has 0 radical (unpaired) electrons. The minimum absolute atomic E-state index is 0.0186. The number of carboxylic acids is 2. The lowest BCUT2D eigenvalue weighted by Gasteiger charge is -2.32. The molecule has 46 heavy (non-hydrogen) atoms. The monoisotopic (exact) mass is 670 g/mol. The van der Waals surface area contributed by atoms with Gasteiger partial charge in [-0.25, -0.2) is 9.59 Å². The SMILES string of the molecule is CC[C@H](C)[C@@H](CN(CC(=O)N[C@@H](CCSC)C(=O)O)Cc1cccc2ccccc12)NC(=O)[C@@H]1CCC(=O)N1.O=C(O)C(F)(F)F. The van der Waals surface area contributed by atoms with Crippen LogP contribution in [0.2, 0.25) is 0 Å². The predicted octanol–water partition coefficient (Wildman–Crippen LogP) is 3.41.